The number of alkyl halides is 3. The summed E-state index contributed by atoms with van der Waals surface area (Å²) in [5.41, 5.74) is -0.844. The molecule has 0 heterocycles. The van der Waals surface area contributed by atoms with Gasteiger partial charge >= 0.3 is 6.18 Å². The second-order valence-electron chi connectivity index (χ2n) is 4.31. The van der Waals surface area contributed by atoms with E-state index in [4.69, 9.17) is 11.6 Å². The highest BCUT2D eigenvalue weighted by Gasteiger charge is 2.35. The first-order chi connectivity index (χ1) is 9.84. The predicted molar refractivity (Wildman–Crippen MR) is 75.9 cm³/mol. The third-order valence-electron chi connectivity index (χ3n) is 2.97. The van der Waals surface area contributed by atoms with Gasteiger partial charge in [0.15, 0.2) is 5.78 Å². The maximum Gasteiger partial charge on any atom is 0.417 e. The fourth-order valence-electron chi connectivity index (χ4n) is 2.00. The lowest BCUT2D eigenvalue weighted by molar-refractivity contribution is -0.137. The van der Waals surface area contributed by atoms with Crippen molar-refractivity contribution in [3.05, 3.63) is 64.2 Å². The van der Waals surface area contributed by atoms with E-state index >= 15 is 0 Å². The maximum atomic E-state index is 13.0. The highest BCUT2D eigenvalue weighted by atomic mass is 35.5. The molecule has 0 fully saturated rings. The van der Waals surface area contributed by atoms with Crippen LogP contribution in [0.5, 0.6) is 0 Å². The number of nitrogens with one attached hydrogen (secondary N) is 1. The fourth-order valence-corrected chi connectivity index (χ4v) is 2.17. The van der Waals surface area contributed by atoms with Gasteiger partial charge in [-0.1, -0.05) is 29.8 Å². The molecule has 2 aromatic rings. The number of anilines is 1. The number of hydrogen-bond donors (Lipinski definition) is 1. The molecule has 0 aliphatic rings. The number of rotatable bonds is 3. The minimum Gasteiger partial charge on any atom is -0.388 e. The molecular weight excluding hydrogens is 303 g/mol. The molecule has 21 heavy (non-hydrogen) atoms. The van der Waals surface area contributed by atoms with Crippen molar-refractivity contribution < 1.29 is 18.0 Å². The van der Waals surface area contributed by atoms with Crippen molar-refractivity contribution in [1.82, 2.24) is 0 Å². The van der Waals surface area contributed by atoms with Gasteiger partial charge in [-0.15, -0.1) is 0 Å². The number of benzene rings is 2. The number of carbonyl (C=O) groups is 1. The molecule has 110 valence electrons. The molecule has 0 saturated heterocycles. The van der Waals surface area contributed by atoms with Crippen LogP contribution in [0.1, 0.15) is 21.5 Å². The molecule has 0 bridgehead atoms. The zero-order valence-corrected chi connectivity index (χ0v) is 11.7. The van der Waals surface area contributed by atoms with Gasteiger partial charge < -0.3 is 5.32 Å². The van der Waals surface area contributed by atoms with E-state index < -0.39 is 23.1 Å². The Hall–Kier alpha value is -2.01. The molecule has 2 rings (SSSR count). The van der Waals surface area contributed by atoms with Gasteiger partial charge in [0, 0.05) is 28.9 Å². The summed E-state index contributed by atoms with van der Waals surface area (Å²) in [6.45, 7) is 0. The Bertz CT molecular complexity index is 683. The Labute approximate surface area is 124 Å². The molecule has 0 aliphatic heterocycles. The summed E-state index contributed by atoms with van der Waals surface area (Å²) in [5.74, 6) is -0.727. The summed E-state index contributed by atoms with van der Waals surface area (Å²) in [6, 6.07) is 9.14. The minimum absolute atomic E-state index is 0.0988. The van der Waals surface area contributed by atoms with Crippen LogP contribution >= 0.6 is 11.6 Å². The third-order valence-corrected chi connectivity index (χ3v) is 3.21. The van der Waals surface area contributed by atoms with Crippen molar-refractivity contribution in [3.63, 3.8) is 0 Å². The first kappa shape index (κ1) is 15.4. The SMILES string of the molecule is CNc1ccc(Cl)cc1C(=O)c1ccccc1C(F)(F)F. The Morgan fingerprint density at radius 1 is 1.10 bits per heavy atom. The Kier molecular flexibility index (Phi) is 4.23. The van der Waals surface area contributed by atoms with E-state index in [1.54, 1.807) is 19.2 Å². The fraction of sp³-hybridized carbons (Fsp3) is 0.133. The van der Waals surface area contributed by atoms with E-state index in [2.05, 4.69) is 5.32 Å². The summed E-state index contributed by atoms with van der Waals surface area (Å²) in [4.78, 5) is 12.4. The van der Waals surface area contributed by atoms with E-state index in [1.807, 2.05) is 0 Å². The van der Waals surface area contributed by atoms with E-state index in [0.717, 1.165) is 12.1 Å². The standard InChI is InChI=1S/C15H11ClF3NO/c1-20-13-7-6-9(16)8-11(13)14(21)10-4-2-3-5-12(10)15(17,18)19/h2-8,20H,1H3. The van der Waals surface area contributed by atoms with E-state index in [1.165, 1.54) is 18.2 Å². The molecular formula is C15H11ClF3NO. The predicted octanol–water partition coefficient (Wildman–Crippen LogP) is 4.63. The van der Waals surface area contributed by atoms with Crippen LogP contribution in [-0.2, 0) is 6.18 Å². The number of carbonyl (C=O) groups excluding carboxylic acids is 1. The molecule has 0 radical (unpaired) electrons. The van der Waals surface area contributed by atoms with Crippen LogP contribution in [0.2, 0.25) is 5.02 Å². The minimum atomic E-state index is -4.59. The van der Waals surface area contributed by atoms with Crippen molar-refractivity contribution in [2.75, 3.05) is 12.4 Å². The molecule has 1 N–H and O–H groups in total. The Morgan fingerprint density at radius 2 is 1.76 bits per heavy atom. The highest BCUT2D eigenvalue weighted by Crippen LogP contribution is 2.34. The third kappa shape index (κ3) is 3.19. The van der Waals surface area contributed by atoms with E-state index in [9.17, 15) is 18.0 Å². The van der Waals surface area contributed by atoms with Crippen LogP contribution in [0.3, 0.4) is 0 Å². The lowest BCUT2D eigenvalue weighted by Gasteiger charge is -2.14. The molecule has 0 saturated carbocycles. The van der Waals surface area contributed by atoms with Gasteiger partial charge in [-0.2, -0.15) is 13.2 Å². The zero-order chi connectivity index (χ0) is 15.6. The molecule has 6 heteroatoms. The molecule has 0 spiro atoms. The van der Waals surface area contributed by atoms with Crippen molar-refractivity contribution in [2.45, 2.75) is 6.18 Å². The van der Waals surface area contributed by atoms with Gasteiger partial charge in [0.1, 0.15) is 0 Å². The first-order valence-corrected chi connectivity index (χ1v) is 6.40. The molecule has 0 amide bonds. The lowest BCUT2D eigenvalue weighted by atomic mass is 9.97. The molecule has 2 aromatic carbocycles. The largest absolute Gasteiger partial charge is 0.417 e. The van der Waals surface area contributed by atoms with Crippen LogP contribution in [0.4, 0.5) is 18.9 Å². The van der Waals surface area contributed by atoms with Gasteiger partial charge in [0.2, 0.25) is 0 Å². The number of halogens is 4. The molecule has 2 nitrogen and oxygen atoms in total. The number of ketones is 1. The van der Waals surface area contributed by atoms with Gasteiger partial charge in [0.05, 0.1) is 5.56 Å². The van der Waals surface area contributed by atoms with E-state index in [0.29, 0.717) is 5.69 Å². The molecule has 0 atom stereocenters. The van der Waals surface area contributed by atoms with Crippen LogP contribution in [0.25, 0.3) is 0 Å². The summed E-state index contributed by atoms with van der Waals surface area (Å²) in [5, 5.41) is 3.05. The molecule has 0 unspecified atom stereocenters. The summed E-state index contributed by atoms with van der Waals surface area (Å²) in [7, 11) is 1.58. The van der Waals surface area contributed by atoms with Gasteiger partial charge in [0.25, 0.3) is 0 Å². The monoisotopic (exact) mass is 313 g/mol. The van der Waals surface area contributed by atoms with Gasteiger partial charge in [-0.05, 0) is 24.3 Å². The summed E-state index contributed by atoms with van der Waals surface area (Å²) >= 11 is 5.83. The van der Waals surface area contributed by atoms with Crippen molar-refractivity contribution >= 4 is 23.1 Å². The molecule has 0 aliphatic carbocycles. The lowest BCUT2D eigenvalue weighted by Crippen LogP contribution is -2.14. The van der Waals surface area contributed by atoms with E-state index in [-0.39, 0.29) is 10.6 Å². The Balaban J connectivity index is 2.59. The highest BCUT2D eigenvalue weighted by molar-refractivity contribution is 6.31. The van der Waals surface area contributed by atoms with Crippen LogP contribution in [0, 0.1) is 0 Å². The Morgan fingerprint density at radius 3 is 2.38 bits per heavy atom. The van der Waals surface area contributed by atoms with Crippen LogP contribution in [-0.4, -0.2) is 12.8 Å². The maximum absolute atomic E-state index is 13.0. The van der Waals surface area contributed by atoms with Crippen LogP contribution in [0.15, 0.2) is 42.5 Å². The molecule has 0 aromatic heterocycles. The van der Waals surface area contributed by atoms with Gasteiger partial charge in [-0.3, -0.25) is 4.79 Å². The quantitative estimate of drug-likeness (QED) is 0.837. The summed E-state index contributed by atoms with van der Waals surface area (Å²) < 4.78 is 39.0. The van der Waals surface area contributed by atoms with Crippen LogP contribution < -0.4 is 5.32 Å². The van der Waals surface area contributed by atoms with Gasteiger partial charge in [-0.25, -0.2) is 0 Å². The average molecular weight is 314 g/mol. The van der Waals surface area contributed by atoms with Crippen molar-refractivity contribution in [2.24, 2.45) is 0 Å². The first-order valence-electron chi connectivity index (χ1n) is 6.03. The smallest absolute Gasteiger partial charge is 0.388 e. The second-order valence-corrected chi connectivity index (χ2v) is 4.75. The normalized spacial score (nSPS) is 11.3. The average Bonchev–Trinajstić information content (AvgIpc) is 2.45. The number of hydrogen-bond acceptors (Lipinski definition) is 2. The topological polar surface area (TPSA) is 29.1 Å². The zero-order valence-electron chi connectivity index (χ0n) is 11.0. The van der Waals surface area contributed by atoms with Crippen molar-refractivity contribution in [3.8, 4) is 0 Å². The summed E-state index contributed by atoms with van der Waals surface area (Å²) in [6.07, 6.45) is -4.59. The second kappa shape index (κ2) is 5.77. The van der Waals surface area contributed by atoms with Crippen molar-refractivity contribution in [1.29, 1.82) is 0 Å².